The maximum atomic E-state index is 2.68. The van der Waals surface area contributed by atoms with Crippen LogP contribution in [0, 0.1) is 5.92 Å². The van der Waals surface area contributed by atoms with Crippen molar-refractivity contribution < 1.29 is 0 Å². The minimum Gasteiger partial charge on any atom is -0.375 e. The molecule has 1 saturated carbocycles. The van der Waals surface area contributed by atoms with Crippen LogP contribution >= 0.6 is 0 Å². The number of hydrogen-bond acceptors (Lipinski definition) is 1. The number of hydrogen-bond donors (Lipinski definition) is 0. The van der Waals surface area contributed by atoms with Gasteiger partial charge in [-0.15, -0.1) is 0 Å². The molecule has 0 N–H and O–H groups in total. The quantitative estimate of drug-likeness (QED) is 0.523. The number of likely N-dealkylation sites (tertiary alicyclic amines) is 1. The predicted octanol–water partition coefficient (Wildman–Crippen LogP) is 5.91. The highest BCUT2D eigenvalue weighted by Crippen LogP contribution is 2.27. The second kappa shape index (κ2) is 9.47. The third kappa shape index (κ3) is 5.50. The topological polar surface area (TPSA) is 3.24 Å². The van der Waals surface area contributed by atoms with Crippen molar-refractivity contribution in [2.24, 2.45) is 5.92 Å². The third-order valence-electron chi connectivity index (χ3n) is 5.26. The van der Waals surface area contributed by atoms with Gasteiger partial charge in [-0.3, -0.25) is 0 Å². The molecule has 1 unspecified atom stereocenters. The number of piperidine rings is 1. The van der Waals surface area contributed by atoms with Crippen molar-refractivity contribution in [1.29, 1.82) is 0 Å². The van der Waals surface area contributed by atoms with E-state index in [2.05, 4.69) is 24.1 Å². The summed E-state index contributed by atoms with van der Waals surface area (Å²) in [5.74, 6) is 0.881. The molecule has 1 aliphatic carbocycles. The van der Waals surface area contributed by atoms with Crippen LogP contribution in [0.4, 0.5) is 0 Å². The molecule has 1 aliphatic heterocycles. The fourth-order valence-electron chi connectivity index (χ4n) is 3.89. The Morgan fingerprint density at radius 3 is 2.50 bits per heavy atom. The monoisotopic (exact) mass is 277 g/mol. The fraction of sp³-hybridized carbons (Fsp3) is 0.895. The van der Waals surface area contributed by atoms with E-state index in [1.807, 2.05) is 0 Å². The lowest BCUT2D eigenvalue weighted by Gasteiger charge is -2.35. The van der Waals surface area contributed by atoms with Crippen LogP contribution in [0.15, 0.2) is 12.3 Å². The van der Waals surface area contributed by atoms with E-state index in [4.69, 9.17) is 0 Å². The van der Waals surface area contributed by atoms with E-state index in [0.29, 0.717) is 0 Å². The van der Waals surface area contributed by atoms with Gasteiger partial charge in [0, 0.05) is 12.6 Å². The summed E-state index contributed by atoms with van der Waals surface area (Å²) in [5, 5.41) is 0. The molecule has 116 valence electrons. The zero-order valence-corrected chi connectivity index (χ0v) is 13.7. The van der Waals surface area contributed by atoms with Crippen molar-refractivity contribution in [3.8, 4) is 0 Å². The summed E-state index contributed by atoms with van der Waals surface area (Å²) in [4.78, 5) is 2.68. The van der Waals surface area contributed by atoms with Crippen LogP contribution < -0.4 is 0 Å². The molecule has 0 aromatic heterocycles. The highest BCUT2D eigenvalue weighted by Gasteiger charge is 2.19. The molecule has 1 nitrogen and oxygen atoms in total. The third-order valence-corrected chi connectivity index (χ3v) is 5.26. The van der Waals surface area contributed by atoms with Gasteiger partial charge in [-0.05, 0) is 50.6 Å². The molecule has 1 atom stereocenters. The van der Waals surface area contributed by atoms with Crippen molar-refractivity contribution >= 4 is 0 Å². The summed E-state index contributed by atoms with van der Waals surface area (Å²) in [6.45, 7) is 3.61. The second-order valence-corrected chi connectivity index (χ2v) is 6.98. The zero-order chi connectivity index (χ0) is 14.0. The Morgan fingerprint density at radius 2 is 1.70 bits per heavy atom. The van der Waals surface area contributed by atoms with E-state index in [0.717, 1.165) is 12.0 Å². The lowest BCUT2D eigenvalue weighted by Crippen LogP contribution is -2.35. The number of nitrogens with zero attached hydrogens (tertiary/aromatic N) is 1. The maximum absolute atomic E-state index is 2.68. The Bertz CT molecular complexity index is 265. The van der Waals surface area contributed by atoms with Crippen molar-refractivity contribution in [2.75, 3.05) is 6.54 Å². The molecular formula is C19H35N. The lowest BCUT2D eigenvalue weighted by molar-refractivity contribution is 0.197. The summed E-state index contributed by atoms with van der Waals surface area (Å²) >= 11 is 0. The molecule has 1 saturated heterocycles. The molecule has 2 fully saturated rings. The van der Waals surface area contributed by atoms with Crippen LogP contribution in [0.1, 0.15) is 90.4 Å². The van der Waals surface area contributed by atoms with Crippen LogP contribution in [0.3, 0.4) is 0 Å². The second-order valence-electron chi connectivity index (χ2n) is 6.98. The van der Waals surface area contributed by atoms with Gasteiger partial charge in [0.2, 0.25) is 0 Å². The van der Waals surface area contributed by atoms with Crippen LogP contribution in [0.25, 0.3) is 0 Å². The molecule has 2 rings (SSSR count). The van der Waals surface area contributed by atoms with Crippen molar-refractivity contribution in [3.63, 3.8) is 0 Å². The van der Waals surface area contributed by atoms with E-state index >= 15 is 0 Å². The summed E-state index contributed by atoms with van der Waals surface area (Å²) < 4.78 is 0. The number of unbranched alkanes of at least 4 members (excludes halogenated alkanes) is 3. The van der Waals surface area contributed by atoms with Crippen LogP contribution in [-0.2, 0) is 0 Å². The highest BCUT2D eigenvalue weighted by atomic mass is 15.1. The molecule has 0 bridgehead atoms. The fourth-order valence-corrected chi connectivity index (χ4v) is 3.89. The first-order chi connectivity index (χ1) is 9.90. The van der Waals surface area contributed by atoms with Gasteiger partial charge >= 0.3 is 0 Å². The first-order valence-corrected chi connectivity index (χ1v) is 9.34. The average Bonchev–Trinajstić information content (AvgIpc) is 2.51. The Hall–Kier alpha value is -0.460. The van der Waals surface area contributed by atoms with Gasteiger partial charge in [-0.1, -0.05) is 57.9 Å². The normalized spacial score (nSPS) is 25.4. The molecule has 0 spiro atoms. The van der Waals surface area contributed by atoms with Gasteiger partial charge in [-0.2, -0.15) is 0 Å². The standard InChI is InChI=1S/C19H35N/c1-2-3-4-8-13-19-14-9-10-16-20(19)17-15-18-11-6-5-7-12-18/h15,17-19H,2-14,16H2,1H3/b17-15+. The van der Waals surface area contributed by atoms with E-state index in [1.165, 1.54) is 90.0 Å². The predicted molar refractivity (Wildman–Crippen MR) is 88.8 cm³/mol. The van der Waals surface area contributed by atoms with Gasteiger partial charge in [0.15, 0.2) is 0 Å². The Balaban J connectivity index is 1.75. The van der Waals surface area contributed by atoms with Crippen LogP contribution in [0.2, 0.25) is 0 Å². The highest BCUT2D eigenvalue weighted by molar-refractivity contribution is 4.93. The molecule has 0 radical (unpaired) electrons. The largest absolute Gasteiger partial charge is 0.375 e. The molecule has 1 heterocycles. The molecular weight excluding hydrogens is 242 g/mol. The van der Waals surface area contributed by atoms with Gasteiger partial charge in [0.05, 0.1) is 0 Å². The average molecular weight is 277 g/mol. The van der Waals surface area contributed by atoms with Gasteiger partial charge in [0.25, 0.3) is 0 Å². The van der Waals surface area contributed by atoms with Gasteiger partial charge in [0.1, 0.15) is 0 Å². The SMILES string of the molecule is CCCCCCC1CCCCN1/C=C/C1CCCCC1. The molecule has 2 aliphatic rings. The Labute approximate surface area is 126 Å². The lowest BCUT2D eigenvalue weighted by atomic mass is 9.89. The number of rotatable bonds is 7. The summed E-state index contributed by atoms with van der Waals surface area (Å²) in [7, 11) is 0. The van der Waals surface area contributed by atoms with Crippen molar-refractivity contribution in [1.82, 2.24) is 4.90 Å². The molecule has 20 heavy (non-hydrogen) atoms. The minimum absolute atomic E-state index is 0.848. The van der Waals surface area contributed by atoms with E-state index in [1.54, 1.807) is 0 Å². The summed E-state index contributed by atoms with van der Waals surface area (Å²) in [6, 6.07) is 0.848. The maximum Gasteiger partial charge on any atom is 0.0284 e. The smallest absolute Gasteiger partial charge is 0.0284 e. The summed E-state index contributed by atoms with van der Waals surface area (Å²) in [5.41, 5.74) is 0. The summed E-state index contributed by atoms with van der Waals surface area (Å²) in [6.07, 6.45) is 23.6. The Morgan fingerprint density at radius 1 is 0.900 bits per heavy atom. The first-order valence-electron chi connectivity index (χ1n) is 9.34. The Kier molecular flexibility index (Phi) is 7.54. The van der Waals surface area contributed by atoms with Gasteiger partial charge < -0.3 is 4.90 Å². The minimum atomic E-state index is 0.848. The van der Waals surface area contributed by atoms with E-state index in [9.17, 15) is 0 Å². The molecule has 0 aromatic carbocycles. The van der Waals surface area contributed by atoms with Gasteiger partial charge in [-0.25, -0.2) is 0 Å². The van der Waals surface area contributed by atoms with Crippen molar-refractivity contribution in [2.45, 2.75) is 96.4 Å². The molecule has 1 heteroatoms. The van der Waals surface area contributed by atoms with Crippen LogP contribution in [-0.4, -0.2) is 17.5 Å². The molecule has 0 aromatic rings. The van der Waals surface area contributed by atoms with E-state index in [-0.39, 0.29) is 0 Å². The zero-order valence-electron chi connectivity index (χ0n) is 13.7. The first kappa shape index (κ1) is 15.9. The van der Waals surface area contributed by atoms with Crippen LogP contribution in [0.5, 0.6) is 0 Å². The molecule has 0 amide bonds. The number of allylic oxidation sites excluding steroid dienone is 1. The van der Waals surface area contributed by atoms with E-state index < -0.39 is 0 Å². The van der Waals surface area contributed by atoms with Crippen molar-refractivity contribution in [3.05, 3.63) is 12.3 Å².